The number of hydrogen-bond donors (Lipinski definition) is 1. The normalized spacial score (nSPS) is 11.2. The predicted molar refractivity (Wildman–Crippen MR) is 119 cm³/mol. The Balaban J connectivity index is 1.80. The van der Waals surface area contributed by atoms with Crippen LogP contribution in [0.1, 0.15) is 61.3 Å². The van der Waals surface area contributed by atoms with Crippen molar-refractivity contribution in [3.05, 3.63) is 57.4 Å². The van der Waals surface area contributed by atoms with Gasteiger partial charge >= 0.3 is 5.97 Å². The standard InChI is InChI=1S/C22H25N5O5/c1-12(2)18-9-15(16-10-23-26(13(3)4)21(16)25-18)22(29)32-11-20(28)24-17-7-6-8-19(14(17)5)27(30)31/h6-10,12-13H,11H2,1-5H3,(H,24,28). The molecule has 0 unspecified atom stereocenters. The van der Waals surface area contributed by atoms with Crippen molar-refractivity contribution in [3.8, 4) is 0 Å². The largest absolute Gasteiger partial charge is 0.452 e. The number of benzene rings is 1. The van der Waals surface area contributed by atoms with Crippen molar-refractivity contribution in [1.82, 2.24) is 14.8 Å². The van der Waals surface area contributed by atoms with Crippen molar-refractivity contribution < 1.29 is 19.2 Å². The van der Waals surface area contributed by atoms with E-state index in [-0.39, 0.29) is 28.9 Å². The highest BCUT2D eigenvalue weighted by atomic mass is 16.6. The average Bonchev–Trinajstić information content (AvgIpc) is 3.17. The molecular weight excluding hydrogens is 414 g/mol. The molecule has 3 rings (SSSR count). The van der Waals surface area contributed by atoms with Crippen LogP contribution in [0.4, 0.5) is 11.4 Å². The van der Waals surface area contributed by atoms with E-state index in [1.165, 1.54) is 19.1 Å². The van der Waals surface area contributed by atoms with Crippen LogP contribution in [-0.4, -0.2) is 38.2 Å². The van der Waals surface area contributed by atoms with Gasteiger partial charge in [0.15, 0.2) is 12.3 Å². The number of carbonyl (C=O) groups excluding carboxylic acids is 2. The lowest BCUT2D eigenvalue weighted by Crippen LogP contribution is -2.21. The summed E-state index contributed by atoms with van der Waals surface area (Å²) in [5.41, 5.74) is 2.06. The number of fused-ring (bicyclic) bond motifs is 1. The molecule has 0 aliphatic heterocycles. The van der Waals surface area contributed by atoms with Gasteiger partial charge in [0.2, 0.25) is 0 Å². The number of aromatic nitrogens is 3. The van der Waals surface area contributed by atoms with E-state index in [9.17, 15) is 19.7 Å². The van der Waals surface area contributed by atoms with Gasteiger partial charge in [-0.1, -0.05) is 19.9 Å². The van der Waals surface area contributed by atoms with Gasteiger partial charge < -0.3 is 10.1 Å². The number of nitrogens with one attached hydrogen (secondary N) is 1. The predicted octanol–water partition coefficient (Wildman–Crippen LogP) is 4.15. The molecule has 0 atom stereocenters. The third kappa shape index (κ3) is 4.58. The molecule has 32 heavy (non-hydrogen) atoms. The Morgan fingerprint density at radius 1 is 1.25 bits per heavy atom. The lowest BCUT2D eigenvalue weighted by molar-refractivity contribution is -0.385. The van der Waals surface area contributed by atoms with Crippen LogP contribution in [0.5, 0.6) is 0 Å². The summed E-state index contributed by atoms with van der Waals surface area (Å²) in [5.74, 6) is -1.20. The van der Waals surface area contributed by atoms with Gasteiger partial charge in [-0.15, -0.1) is 0 Å². The maximum Gasteiger partial charge on any atom is 0.339 e. The van der Waals surface area contributed by atoms with Crippen LogP contribution in [0.2, 0.25) is 0 Å². The second-order valence-electron chi connectivity index (χ2n) is 8.00. The number of pyridine rings is 1. The van der Waals surface area contributed by atoms with Crippen molar-refractivity contribution in [2.24, 2.45) is 0 Å². The van der Waals surface area contributed by atoms with Crippen molar-refractivity contribution >= 4 is 34.3 Å². The number of rotatable bonds is 7. The van der Waals surface area contributed by atoms with Gasteiger partial charge in [-0.2, -0.15) is 5.10 Å². The molecular formula is C22H25N5O5. The number of anilines is 1. The summed E-state index contributed by atoms with van der Waals surface area (Å²) < 4.78 is 6.97. The molecule has 0 saturated carbocycles. The first-order valence-electron chi connectivity index (χ1n) is 10.2. The highest BCUT2D eigenvalue weighted by Crippen LogP contribution is 2.26. The fourth-order valence-corrected chi connectivity index (χ4v) is 3.23. The summed E-state index contributed by atoms with van der Waals surface area (Å²) in [6.07, 6.45) is 1.57. The smallest absolute Gasteiger partial charge is 0.339 e. The van der Waals surface area contributed by atoms with Crippen LogP contribution >= 0.6 is 0 Å². The number of nitrogens with zero attached hydrogens (tertiary/aromatic N) is 4. The Bertz CT molecular complexity index is 1200. The Morgan fingerprint density at radius 2 is 1.97 bits per heavy atom. The highest BCUT2D eigenvalue weighted by Gasteiger charge is 2.21. The zero-order chi connectivity index (χ0) is 23.6. The molecule has 0 aliphatic carbocycles. The minimum Gasteiger partial charge on any atom is -0.452 e. The number of nitro benzene ring substituents is 1. The molecule has 1 N–H and O–H groups in total. The van der Waals surface area contributed by atoms with Gasteiger partial charge in [0, 0.05) is 17.8 Å². The lowest BCUT2D eigenvalue weighted by atomic mass is 10.1. The SMILES string of the molecule is Cc1c(NC(=O)COC(=O)c2cc(C(C)C)nc3c2cnn3C(C)C)cccc1[N+](=O)[O-]. The van der Waals surface area contributed by atoms with E-state index < -0.39 is 23.4 Å². The van der Waals surface area contributed by atoms with Gasteiger partial charge in [0.05, 0.1) is 33.3 Å². The van der Waals surface area contributed by atoms with E-state index in [2.05, 4.69) is 15.4 Å². The second-order valence-corrected chi connectivity index (χ2v) is 8.00. The van der Waals surface area contributed by atoms with Crippen LogP contribution in [0.3, 0.4) is 0 Å². The minimum atomic E-state index is -0.673. The number of hydrogen-bond acceptors (Lipinski definition) is 7. The zero-order valence-electron chi connectivity index (χ0n) is 18.6. The van der Waals surface area contributed by atoms with Gasteiger partial charge in [0.1, 0.15) is 0 Å². The number of carbonyl (C=O) groups is 2. The summed E-state index contributed by atoms with van der Waals surface area (Å²) >= 11 is 0. The molecule has 10 nitrogen and oxygen atoms in total. The number of ether oxygens (including phenoxy) is 1. The molecule has 0 spiro atoms. The molecule has 10 heteroatoms. The van der Waals surface area contributed by atoms with Crippen LogP contribution in [-0.2, 0) is 9.53 Å². The molecule has 0 aliphatic rings. The first-order chi connectivity index (χ1) is 15.1. The fraction of sp³-hybridized carbons (Fsp3) is 0.364. The quantitative estimate of drug-likeness (QED) is 0.332. The van der Waals surface area contributed by atoms with E-state index >= 15 is 0 Å². The highest BCUT2D eigenvalue weighted by molar-refractivity contribution is 6.04. The third-order valence-corrected chi connectivity index (χ3v) is 5.00. The van der Waals surface area contributed by atoms with Gasteiger partial charge in [-0.3, -0.25) is 14.9 Å². The molecule has 1 amide bonds. The maximum atomic E-state index is 12.8. The number of nitro groups is 1. The van der Waals surface area contributed by atoms with Crippen molar-refractivity contribution in [2.45, 2.75) is 46.6 Å². The zero-order valence-corrected chi connectivity index (χ0v) is 18.6. The molecule has 1 aromatic carbocycles. The summed E-state index contributed by atoms with van der Waals surface area (Å²) in [7, 11) is 0. The summed E-state index contributed by atoms with van der Waals surface area (Å²) in [6.45, 7) is 8.86. The van der Waals surface area contributed by atoms with Gasteiger partial charge in [-0.25, -0.2) is 14.5 Å². The van der Waals surface area contributed by atoms with E-state index in [0.717, 1.165) is 0 Å². The third-order valence-electron chi connectivity index (χ3n) is 5.00. The van der Waals surface area contributed by atoms with Crippen LogP contribution in [0.15, 0.2) is 30.5 Å². The number of amides is 1. The fourth-order valence-electron chi connectivity index (χ4n) is 3.23. The minimum absolute atomic E-state index is 0.0511. The van der Waals surface area contributed by atoms with Gasteiger partial charge in [-0.05, 0) is 38.8 Å². The summed E-state index contributed by atoms with van der Waals surface area (Å²) in [5, 5.41) is 18.5. The van der Waals surface area contributed by atoms with Crippen LogP contribution < -0.4 is 5.32 Å². The van der Waals surface area contributed by atoms with E-state index in [1.807, 2.05) is 27.7 Å². The molecule has 2 aromatic heterocycles. The Labute approximate surface area is 184 Å². The Kier molecular flexibility index (Phi) is 6.52. The molecule has 2 heterocycles. The second kappa shape index (κ2) is 9.13. The van der Waals surface area contributed by atoms with Crippen molar-refractivity contribution in [1.29, 1.82) is 0 Å². The van der Waals surface area contributed by atoms with Crippen molar-refractivity contribution in [2.75, 3.05) is 11.9 Å². The summed E-state index contributed by atoms with van der Waals surface area (Å²) in [6, 6.07) is 6.08. The molecule has 0 fully saturated rings. The summed E-state index contributed by atoms with van der Waals surface area (Å²) in [4.78, 5) is 40.3. The average molecular weight is 439 g/mol. The van der Waals surface area contributed by atoms with Crippen molar-refractivity contribution in [3.63, 3.8) is 0 Å². The van der Waals surface area contributed by atoms with Gasteiger partial charge in [0.25, 0.3) is 11.6 Å². The first-order valence-corrected chi connectivity index (χ1v) is 10.2. The molecule has 0 radical (unpaired) electrons. The monoisotopic (exact) mass is 439 g/mol. The topological polar surface area (TPSA) is 129 Å². The molecule has 0 bridgehead atoms. The van der Waals surface area contributed by atoms with E-state index in [0.29, 0.717) is 22.3 Å². The number of esters is 1. The van der Waals surface area contributed by atoms with Crippen LogP contribution in [0.25, 0.3) is 11.0 Å². The first kappa shape index (κ1) is 22.9. The molecule has 0 saturated heterocycles. The lowest BCUT2D eigenvalue weighted by Gasteiger charge is -2.12. The molecule has 168 valence electrons. The van der Waals surface area contributed by atoms with E-state index in [1.54, 1.807) is 23.0 Å². The molecule has 3 aromatic rings. The Morgan fingerprint density at radius 3 is 2.59 bits per heavy atom. The van der Waals surface area contributed by atoms with E-state index in [4.69, 9.17) is 4.74 Å². The maximum absolute atomic E-state index is 12.8. The Hall–Kier alpha value is -3.82. The van der Waals surface area contributed by atoms with Crippen LogP contribution in [0, 0.1) is 17.0 Å².